The predicted octanol–water partition coefficient (Wildman–Crippen LogP) is 6.29. The van der Waals surface area contributed by atoms with Crippen molar-refractivity contribution in [3.8, 4) is 0 Å². The molecule has 2 amide bonds. The lowest BCUT2D eigenvalue weighted by atomic mass is 10.0. The number of thiocarbonyl (C=S) groups is 1. The molecular weight excluding hydrogens is 490 g/mol. The van der Waals surface area contributed by atoms with Gasteiger partial charge >= 0.3 is 0 Å². The number of para-hydroxylation sites is 1. The second-order valence-corrected chi connectivity index (χ2v) is 10.1. The van der Waals surface area contributed by atoms with Gasteiger partial charge < -0.3 is 4.57 Å². The molecule has 38 heavy (non-hydrogen) atoms. The number of carbonyl (C=O) groups is 2. The second-order valence-electron chi connectivity index (χ2n) is 9.67. The number of hydrogen-bond acceptors (Lipinski definition) is 3. The molecular formula is C32H25N3O2S. The van der Waals surface area contributed by atoms with E-state index in [4.69, 9.17) is 12.2 Å². The van der Waals surface area contributed by atoms with Crippen molar-refractivity contribution in [2.45, 2.75) is 20.4 Å². The highest BCUT2D eigenvalue weighted by atomic mass is 32.1. The average Bonchev–Trinajstić information content (AvgIpc) is 3.23. The van der Waals surface area contributed by atoms with Gasteiger partial charge in [0.15, 0.2) is 5.11 Å². The van der Waals surface area contributed by atoms with Crippen LogP contribution in [-0.2, 0) is 16.1 Å². The number of amides is 2. The molecule has 5 nitrogen and oxygen atoms in total. The van der Waals surface area contributed by atoms with E-state index < -0.39 is 11.8 Å². The Morgan fingerprint density at radius 3 is 2.32 bits per heavy atom. The third-order valence-electron chi connectivity index (χ3n) is 6.91. The van der Waals surface area contributed by atoms with Gasteiger partial charge in [0.1, 0.15) is 5.57 Å². The van der Waals surface area contributed by atoms with E-state index in [1.54, 1.807) is 6.08 Å². The molecule has 4 aromatic carbocycles. The Morgan fingerprint density at radius 2 is 1.53 bits per heavy atom. The highest BCUT2D eigenvalue weighted by Crippen LogP contribution is 2.29. The molecule has 0 radical (unpaired) electrons. The van der Waals surface area contributed by atoms with Crippen molar-refractivity contribution in [3.63, 3.8) is 0 Å². The third-order valence-corrected chi connectivity index (χ3v) is 7.19. The first-order valence-electron chi connectivity index (χ1n) is 12.4. The van der Waals surface area contributed by atoms with Gasteiger partial charge in [-0.25, -0.2) is 0 Å². The summed E-state index contributed by atoms with van der Waals surface area (Å²) in [5.74, 6) is -0.929. The van der Waals surface area contributed by atoms with Crippen LogP contribution < -0.4 is 10.2 Å². The maximum absolute atomic E-state index is 13.7. The first-order chi connectivity index (χ1) is 18.4. The van der Waals surface area contributed by atoms with E-state index in [-0.39, 0.29) is 10.7 Å². The van der Waals surface area contributed by atoms with E-state index in [2.05, 4.69) is 52.3 Å². The van der Waals surface area contributed by atoms with Gasteiger partial charge in [-0.15, -0.1) is 0 Å². The molecule has 6 rings (SSSR count). The summed E-state index contributed by atoms with van der Waals surface area (Å²) in [6.45, 7) is 4.59. The standard InChI is InChI=1S/C32H25N3O2S/c1-20-14-21(2)16-25(15-20)35-31(37)28(30(36)33-32(35)38)17-24-19-34(29-13-6-5-12-27(24)29)18-23-10-7-9-22-8-3-4-11-26(22)23/h3-17,19H,18H2,1-2H3,(H,33,36,38)/b28-17+. The Labute approximate surface area is 226 Å². The van der Waals surface area contributed by atoms with Crippen LogP contribution in [0.4, 0.5) is 5.69 Å². The number of nitrogens with one attached hydrogen (secondary N) is 1. The van der Waals surface area contributed by atoms with Crippen molar-refractivity contribution in [1.29, 1.82) is 0 Å². The Morgan fingerprint density at radius 1 is 0.842 bits per heavy atom. The fourth-order valence-corrected chi connectivity index (χ4v) is 5.54. The summed E-state index contributed by atoms with van der Waals surface area (Å²) in [7, 11) is 0. The van der Waals surface area contributed by atoms with E-state index >= 15 is 0 Å². The van der Waals surface area contributed by atoms with Gasteiger partial charge in [0.25, 0.3) is 11.8 Å². The summed E-state index contributed by atoms with van der Waals surface area (Å²) in [5.41, 5.74) is 5.72. The molecule has 0 spiro atoms. The van der Waals surface area contributed by atoms with Crippen LogP contribution in [0.3, 0.4) is 0 Å². The smallest absolute Gasteiger partial charge is 0.270 e. The highest BCUT2D eigenvalue weighted by Gasteiger charge is 2.35. The zero-order valence-corrected chi connectivity index (χ0v) is 21.9. The van der Waals surface area contributed by atoms with Crippen LogP contribution >= 0.6 is 12.2 Å². The van der Waals surface area contributed by atoms with Crippen LogP contribution in [0.1, 0.15) is 22.3 Å². The largest absolute Gasteiger partial charge is 0.342 e. The zero-order chi connectivity index (χ0) is 26.4. The maximum atomic E-state index is 13.7. The fraction of sp³-hybridized carbons (Fsp3) is 0.0938. The van der Waals surface area contributed by atoms with Crippen molar-refractivity contribution in [2.24, 2.45) is 0 Å². The summed E-state index contributed by atoms with van der Waals surface area (Å²) in [4.78, 5) is 28.0. The van der Waals surface area contributed by atoms with Gasteiger partial charge in [-0.1, -0.05) is 66.7 Å². The number of nitrogens with zero attached hydrogens (tertiary/aromatic N) is 2. The summed E-state index contributed by atoms with van der Waals surface area (Å²) in [6.07, 6.45) is 3.69. The van der Waals surface area contributed by atoms with Crippen molar-refractivity contribution in [3.05, 3.63) is 119 Å². The third kappa shape index (κ3) is 4.19. The van der Waals surface area contributed by atoms with Crippen LogP contribution in [0.25, 0.3) is 27.8 Å². The molecule has 1 aliphatic rings. The predicted molar refractivity (Wildman–Crippen MR) is 157 cm³/mol. The zero-order valence-electron chi connectivity index (χ0n) is 21.1. The summed E-state index contributed by atoms with van der Waals surface area (Å²) >= 11 is 5.40. The number of rotatable bonds is 4. The minimum Gasteiger partial charge on any atom is -0.342 e. The van der Waals surface area contributed by atoms with E-state index in [1.165, 1.54) is 21.2 Å². The summed E-state index contributed by atoms with van der Waals surface area (Å²) in [5, 5.41) is 6.14. The van der Waals surface area contributed by atoms with Crippen molar-refractivity contribution >= 4 is 62.6 Å². The van der Waals surface area contributed by atoms with Crippen LogP contribution in [0.15, 0.2) is 96.7 Å². The van der Waals surface area contributed by atoms with E-state index in [0.29, 0.717) is 12.2 Å². The molecule has 5 aromatic rings. The molecule has 1 saturated heterocycles. The first-order valence-corrected chi connectivity index (χ1v) is 12.8. The van der Waals surface area contributed by atoms with E-state index in [0.717, 1.165) is 27.6 Å². The molecule has 2 heterocycles. The monoisotopic (exact) mass is 515 g/mol. The Hall–Kier alpha value is -4.55. The molecule has 6 heteroatoms. The maximum Gasteiger partial charge on any atom is 0.270 e. The highest BCUT2D eigenvalue weighted by molar-refractivity contribution is 7.80. The molecule has 1 N–H and O–H groups in total. The van der Waals surface area contributed by atoms with Crippen LogP contribution in [0.2, 0.25) is 0 Å². The minimum atomic E-state index is -0.494. The number of carbonyl (C=O) groups excluding carboxylic acids is 2. The number of fused-ring (bicyclic) bond motifs is 2. The Balaban J connectivity index is 1.43. The van der Waals surface area contributed by atoms with Gasteiger partial charge in [0.2, 0.25) is 0 Å². The Kier molecular flexibility index (Phi) is 5.89. The van der Waals surface area contributed by atoms with Crippen LogP contribution in [-0.4, -0.2) is 21.5 Å². The van der Waals surface area contributed by atoms with E-state index in [9.17, 15) is 9.59 Å². The molecule has 0 saturated carbocycles. The summed E-state index contributed by atoms with van der Waals surface area (Å²) in [6, 6.07) is 28.5. The van der Waals surface area contributed by atoms with E-state index in [1.807, 2.05) is 62.5 Å². The first kappa shape index (κ1) is 23.8. The van der Waals surface area contributed by atoms with Crippen LogP contribution in [0, 0.1) is 13.8 Å². The van der Waals surface area contributed by atoms with Gasteiger partial charge in [-0.3, -0.25) is 19.8 Å². The SMILES string of the molecule is Cc1cc(C)cc(N2C(=O)/C(=C/c3cn(Cc4cccc5ccccc45)c4ccccc34)C(=O)NC2=S)c1. The molecule has 0 aliphatic carbocycles. The molecule has 1 aromatic heterocycles. The van der Waals surface area contributed by atoms with Gasteiger partial charge in [0, 0.05) is 29.2 Å². The quantitative estimate of drug-likeness (QED) is 0.174. The average molecular weight is 516 g/mol. The topological polar surface area (TPSA) is 54.3 Å². The molecule has 1 fully saturated rings. The second kappa shape index (κ2) is 9.39. The molecule has 0 atom stereocenters. The lowest BCUT2D eigenvalue weighted by Crippen LogP contribution is -2.54. The van der Waals surface area contributed by atoms with Gasteiger partial charge in [0.05, 0.1) is 5.69 Å². The van der Waals surface area contributed by atoms with Gasteiger partial charge in [-0.05, 0) is 77.8 Å². The number of hydrogen-bond donors (Lipinski definition) is 1. The molecule has 1 aliphatic heterocycles. The molecule has 0 unspecified atom stereocenters. The fourth-order valence-electron chi connectivity index (χ4n) is 5.26. The van der Waals surface area contributed by atoms with Crippen molar-refractivity contribution in [1.82, 2.24) is 9.88 Å². The van der Waals surface area contributed by atoms with Gasteiger partial charge in [-0.2, -0.15) is 0 Å². The normalized spacial score (nSPS) is 15.1. The number of benzene rings is 4. The Bertz CT molecular complexity index is 1790. The molecule has 186 valence electrons. The van der Waals surface area contributed by atoms with Crippen molar-refractivity contribution in [2.75, 3.05) is 4.90 Å². The lowest BCUT2D eigenvalue weighted by Gasteiger charge is -2.29. The minimum absolute atomic E-state index is 0.0471. The summed E-state index contributed by atoms with van der Waals surface area (Å²) < 4.78 is 2.17. The van der Waals surface area contributed by atoms with Crippen LogP contribution in [0.5, 0.6) is 0 Å². The number of aryl methyl sites for hydroxylation is 2. The number of anilines is 1. The van der Waals surface area contributed by atoms with Crippen molar-refractivity contribution < 1.29 is 9.59 Å². The molecule has 0 bridgehead atoms. The lowest BCUT2D eigenvalue weighted by molar-refractivity contribution is -0.122. The number of aromatic nitrogens is 1.